The quantitative estimate of drug-likeness (QED) is 0.394. The first-order chi connectivity index (χ1) is 7.05. The fraction of sp³-hybridized carbons (Fsp3) is 1.00. The molecule has 0 saturated carbocycles. The molecule has 0 aliphatic rings. The van der Waals surface area contributed by atoms with Crippen LogP contribution in [0.3, 0.4) is 0 Å². The molecule has 0 nitrogen and oxygen atoms in total. The van der Waals surface area contributed by atoms with E-state index < -0.39 is 0 Å². The first-order valence-electron chi connectivity index (χ1n) is 6.78. The van der Waals surface area contributed by atoms with Gasteiger partial charge in [-0.25, -0.2) is 0 Å². The fourth-order valence-electron chi connectivity index (χ4n) is 2.08. The second kappa shape index (κ2) is 8.50. The Hall–Kier alpha value is 0.350. The van der Waals surface area contributed by atoms with Gasteiger partial charge in [0.1, 0.15) is 0 Å². The van der Waals surface area contributed by atoms with Gasteiger partial charge in [0.25, 0.3) is 0 Å². The van der Waals surface area contributed by atoms with Gasteiger partial charge in [-0.2, -0.15) is 12.6 Å². The zero-order valence-electron chi connectivity index (χ0n) is 11.2. The lowest BCUT2D eigenvalue weighted by Gasteiger charge is -2.21. The van der Waals surface area contributed by atoms with Gasteiger partial charge in [-0.15, -0.1) is 0 Å². The van der Waals surface area contributed by atoms with Crippen molar-refractivity contribution in [2.24, 2.45) is 5.92 Å². The summed E-state index contributed by atoms with van der Waals surface area (Å²) < 4.78 is 0.270. The SMILES string of the molecule is CCCC(CC)CCCCC(C)(S)CC. The van der Waals surface area contributed by atoms with E-state index in [9.17, 15) is 0 Å². The second-order valence-electron chi connectivity index (χ2n) is 5.16. The maximum atomic E-state index is 4.68. The van der Waals surface area contributed by atoms with Crippen molar-refractivity contribution in [3.63, 3.8) is 0 Å². The van der Waals surface area contributed by atoms with Gasteiger partial charge in [-0.3, -0.25) is 0 Å². The smallest absolute Gasteiger partial charge is 0.00987 e. The Morgan fingerprint density at radius 1 is 1.07 bits per heavy atom. The summed E-state index contributed by atoms with van der Waals surface area (Å²) in [5, 5.41) is 0. The highest BCUT2D eigenvalue weighted by Gasteiger charge is 2.15. The van der Waals surface area contributed by atoms with E-state index in [2.05, 4.69) is 40.3 Å². The van der Waals surface area contributed by atoms with Crippen molar-refractivity contribution in [3.8, 4) is 0 Å². The number of thiol groups is 1. The molecule has 0 bridgehead atoms. The van der Waals surface area contributed by atoms with Gasteiger partial charge in [-0.1, -0.05) is 66.2 Å². The van der Waals surface area contributed by atoms with Crippen molar-refractivity contribution in [3.05, 3.63) is 0 Å². The Kier molecular flexibility index (Phi) is 8.69. The van der Waals surface area contributed by atoms with Crippen LogP contribution in [0.1, 0.15) is 79.1 Å². The minimum atomic E-state index is 0.270. The second-order valence-corrected chi connectivity index (χ2v) is 6.24. The molecule has 0 aliphatic heterocycles. The van der Waals surface area contributed by atoms with Crippen molar-refractivity contribution in [1.29, 1.82) is 0 Å². The van der Waals surface area contributed by atoms with E-state index in [4.69, 9.17) is 0 Å². The lowest BCUT2D eigenvalue weighted by molar-refractivity contribution is 0.401. The minimum absolute atomic E-state index is 0.270. The van der Waals surface area contributed by atoms with Gasteiger partial charge in [0.2, 0.25) is 0 Å². The van der Waals surface area contributed by atoms with Crippen LogP contribution in [0.15, 0.2) is 0 Å². The summed E-state index contributed by atoms with van der Waals surface area (Å²) >= 11 is 4.68. The van der Waals surface area contributed by atoms with E-state index in [-0.39, 0.29) is 4.75 Å². The number of hydrogen-bond acceptors (Lipinski definition) is 1. The van der Waals surface area contributed by atoms with Crippen LogP contribution in [0.5, 0.6) is 0 Å². The lowest BCUT2D eigenvalue weighted by atomic mass is 9.92. The molecular formula is C14H30S. The number of rotatable bonds is 9. The van der Waals surface area contributed by atoms with Gasteiger partial charge in [0.05, 0.1) is 0 Å². The molecule has 2 unspecified atom stereocenters. The monoisotopic (exact) mass is 230 g/mol. The van der Waals surface area contributed by atoms with E-state index in [0.29, 0.717) is 0 Å². The van der Waals surface area contributed by atoms with Crippen molar-refractivity contribution in [1.82, 2.24) is 0 Å². The third kappa shape index (κ3) is 8.19. The van der Waals surface area contributed by atoms with Crippen molar-refractivity contribution in [2.45, 2.75) is 83.8 Å². The molecule has 0 aromatic carbocycles. The van der Waals surface area contributed by atoms with Gasteiger partial charge in [-0.05, 0) is 18.8 Å². The van der Waals surface area contributed by atoms with Gasteiger partial charge in [0.15, 0.2) is 0 Å². The molecule has 0 aliphatic carbocycles. The first-order valence-corrected chi connectivity index (χ1v) is 7.22. The predicted octanol–water partition coefficient (Wildman–Crippen LogP) is 5.47. The van der Waals surface area contributed by atoms with Gasteiger partial charge >= 0.3 is 0 Å². The average molecular weight is 230 g/mol. The lowest BCUT2D eigenvalue weighted by Crippen LogP contribution is -2.14. The Morgan fingerprint density at radius 2 is 1.73 bits per heavy atom. The normalized spacial score (nSPS) is 17.4. The van der Waals surface area contributed by atoms with E-state index >= 15 is 0 Å². The molecule has 0 heterocycles. The van der Waals surface area contributed by atoms with Crippen LogP contribution < -0.4 is 0 Å². The number of hydrogen-bond donors (Lipinski definition) is 1. The summed E-state index contributed by atoms with van der Waals surface area (Å²) in [6.07, 6.45) is 10.8. The van der Waals surface area contributed by atoms with Gasteiger partial charge < -0.3 is 0 Å². The van der Waals surface area contributed by atoms with Crippen molar-refractivity contribution < 1.29 is 0 Å². The van der Waals surface area contributed by atoms with E-state index in [1.54, 1.807) is 0 Å². The van der Waals surface area contributed by atoms with Crippen LogP contribution >= 0.6 is 12.6 Å². The molecule has 92 valence electrons. The standard InChI is InChI=1S/C14H30S/c1-5-10-13(6-2)11-8-9-12-14(4,15)7-3/h13,15H,5-12H2,1-4H3. The molecular weight excluding hydrogens is 200 g/mol. The minimum Gasteiger partial charge on any atom is -0.173 e. The van der Waals surface area contributed by atoms with Crippen LogP contribution in [0.2, 0.25) is 0 Å². The summed E-state index contributed by atoms with van der Waals surface area (Å²) in [6, 6.07) is 0. The fourth-order valence-corrected chi connectivity index (χ4v) is 2.23. The van der Waals surface area contributed by atoms with Crippen LogP contribution in [0.25, 0.3) is 0 Å². The molecule has 0 spiro atoms. The summed E-state index contributed by atoms with van der Waals surface area (Å²) in [6.45, 7) is 9.12. The molecule has 0 aromatic rings. The Morgan fingerprint density at radius 3 is 2.20 bits per heavy atom. The highest BCUT2D eigenvalue weighted by atomic mass is 32.1. The Bertz CT molecular complexity index is 140. The third-order valence-corrected chi connectivity index (χ3v) is 4.15. The summed E-state index contributed by atoms with van der Waals surface area (Å²) in [7, 11) is 0. The Balaban J connectivity index is 3.52. The van der Waals surface area contributed by atoms with Crippen molar-refractivity contribution in [2.75, 3.05) is 0 Å². The topological polar surface area (TPSA) is 0 Å². The molecule has 0 amide bonds. The summed E-state index contributed by atoms with van der Waals surface area (Å²) in [5.41, 5.74) is 0. The molecule has 2 atom stereocenters. The molecule has 0 aromatic heterocycles. The largest absolute Gasteiger partial charge is 0.173 e. The molecule has 15 heavy (non-hydrogen) atoms. The van der Waals surface area contributed by atoms with Crippen LogP contribution in [-0.4, -0.2) is 4.75 Å². The molecule has 0 radical (unpaired) electrons. The predicted molar refractivity (Wildman–Crippen MR) is 74.8 cm³/mol. The van der Waals surface area contributed by atoms with Crippen LogP contribution in [0.4, 0.5) is 0 Å². The maximum Gasteiger partial charge on any atom is 0.00987 e. The maximum absolute atomic E-state index is 4.68. The first kappa shape index (κ1) is 15.3. The zero-order valence-corrected chi connectivity index (χ0v) is 12.1. The van der Waals surface area contributed by atoms with Gasteiger partial charge in [0, 0.05) is 4.75 Å². The van der Waals surface area contributed by atoms with E-state index in [1.807, 2.05) is 0 Å². The molecule has 0 N–H and O–H groups in total. The van der Waals surface area contributed by atoms with E-state index in [0.717, 1.165) is 5.92 Å². The summed E-state index contributed by atoms with van der Waals surface area (Å²) in [4.78, 5) is 0. The van der Waals surface area contributed by atoms with Crippen LogP contribution in [0, 0.1) is 5.92 Å². The average Bonchev–Trinajstić information content (AvgIpc) is 2.22. The molecule has 0 rings (SSSR count). The highest BCUT2D eigenvalue weighted by molar-refractivity contribution is 7.81. The third-order valence-electron chi connectivity index (χ3n) is 3.61. The molecule has 0 saturated heterocycles. The highest BCUT2D eigenvalue weighted by Crippen LogP contribution is 2.26. The molecule has 1 heteroatoms. The van der Waals surface area contributed by atoms with Crippen molar-refractivity contribution >= 4 is 12.6 Å². The molecule has 0 fully saturated rings. The Labute approximate surface area is 103 Å². The zero-order chi connectivity index (χ0) is 11.7. The van der Waals surface area contributed by atoms with Crippen LogP contribution in [-0.2, 0) is 0 Å². The number of unbranched alkanes of at least 4 members (excludes halogenated alkanes) is 1. The van der Waals surface area contributed by atoms with E-state index in [1.165, 1.54) is 51.4 Å². The summed E-state index contributed by atoms with van der Waals surface area (Å²) in [5.74, 6) is 0.975.